The van der Waals surface area contributed by atoms with Crippen molar-refractivity contribution in [1.29, 1.82) is 0 Å². The van der Waals surface area contributed by atoms with Crippen LogP contribution in [0.4, 0.5) is 5.69 Å². The lowest BCUT2D eigenvalue weighted by Gasteiger charge is -2.07. The molecule has 0 unspecified atom stereocenters. The summed E-state index contributed by atoms with van der Waals surface area (Å²) in [5, 5.41) is 7.20. The molecule has 10 heteroatoms. The highest BCUT2D eigenvalue weighted by molar-refractivity contribution is 7.90. The van der Waals surface area contributed by atoms with Crippen molar-refractivity contribution in [3.05, 3.63) is 52.3 Å². The molecule has 1 aromatic carbocycles. The topological polar surface area (TPSA) is 101 Å². The van der Waals surface area contributed by atoms with Gasteiger partial charge in [-0.1, -0.05) is 29.3 Å². The Morgan fingerprint density at radius 3 is 2.60 bits per heavy atom. The molecule has 25 heavy (non-hydrogen) atoms. The molecule has 0 saturated heterocycles. The van der Waals surface area contributed by atoms with Crippen LogP contribution >= 0.6 is 23.2 Å². The number of hydrogen-bond donors (Lipinski definition) is 2. The fourth-order valence-corrected chi connectivity index (χ4v) is 2.90. The van der Waals surface area contributed by atoms with Crippen LogP contribution in [-0.2, 0) is 14.6 Å². The molecule has 1 aromatic heterocycles. The highest BCUT2D eigenvalue weighted by Gasteiger charge is 2.08. The van der Waals surface area contributed by atoms with Crippen molar-refractivity contribution in [2.75, 3.05) is 18.1 Å². The SMILES string of the molecule is CS(=O)(=O)c1cccc(NCC(=O)N/N=C/c2c(Cl)cncc2Cl)c1. The summed E-state index contributed by atoms with van der Waals surface area (Å²) in [6.07, 6.45) is 5.25. The quantitative estimate of drug-likeness (QED) is 0.572. The number of sulfone groups is 1. The van der Waals surface area contributed by atoms with Gasteiger partial charge in [-0.25, -0.2) is 13.8 Å². The molecule has 2 N–H and O–H groups in total. The van der Waals surface area contributed by atoms with Crippen LogP contribution in [0.15, 0.2) is 46.7 Å². The predicted molar refractivity (Wildman–Crippen MR) is 98.0 cm³/mol. The van der Waals surface area contributed by atoms with Crippen molar-refractivity contribution >= 4 is 50.8 Å². The molecule has 0 radical (unpaired) electrons. The van der Waals surface area contributed by atoms with Gasteiger partial charge >= 0.3 is 0 Å². The summed E-state index contributed by atoms with van der Waals surface area (Å²) in [6.45, 7) is -0.0949. The number of carbonyl (C=O) groups is 1. The van der Waals surface area contributed by atoms with E-state index in [4.69, 9.17) is 23.2 Å². The number of aromatic nitrogens is 1. The summed E-state index contributed by atoms with van der Waals surface area (Å²) in [7, 11) is -3.31. The minimum absolute atomic E-state index is 0.0949. The van der Waals surface area contributed by atoms with E-state index in [1.165, 1.54) is 30.7 Å². The van der Waals surface area contributed by atoms with Gasteiger partial charge < -0.3 is 5.32 Å². The van der Waals surface area contributed by atoms with Crippen LogP contribution < -0.4 is 10.7 Å². The monoisotopic (exact) mass is 400 g/mol. The number of halogens is 2. The van der Waals surface area contributed by atoms with Crippen LogP contribution in [0.1, 0.15) is 5.56 Å². The number of amides is 1. The Morgan fingerprint density at radius 1 is 1.28 bits per heavy atom. The van der Waals surface area contributed by atoms with E-state index in [1.807, 2.05) is 0 Å². The van der Waals surface area contributed by atoms with E-state index < -0.39 is 15.7 Å². The molecule has 0 aliphatic rings. The van der Waals surface area contributed by atoms with Crippen molar-refractivity contribution in [2.45, 2.75) is 4.90 Å². The molecular weight excluding hydrogens is 387 g/mol. The second-order valence-corrected chi connectivity index (χ2v) is 7.79. The average Bonchev–Trinajstić information content (AvgIpc) is 2.55. The summed E-state index contributed by atoms with van der Waals surface area (Å²) in [5.41, 5.74) is 3.25. The molecule has 0 bridgehead atoms. The molecule has 0 saturated carbocycles. The molecule has 0 atom stereocenters. The van der Waals surface area contributed by atoms with Gasteiger partial charge in [-0.15, -0.1) is 0 Å². The van der Waals surface area contributed by atoms with Gasteiger partial charge in [0.25, 0.3) is 5.91 Å². The standard InChI is InChI=1S/C15H14Cl2N4O3S/c1-25(23,24)11-4-2-3-10(5-11)19-9-15(22)21-20-6-12-13(16)7-18-8-14(12)17/h2-8,19H,9H2,1H3,(H,21,22)/b20-6+. The number of carbonyl (C=O) groups excluding carboxylic acids is 1. The third kappa shape index (κ3) is 5.70. The Labute approximate surface area is 155 Å². The number of hydrogen-bond acceptors (Lipinski definition) is 6. The first kappa shape index (κ1) is 19.2. The highest BCUT2D eigenvalue weighted by atomic mass is 35.5. The Morgan fingerprint density at radius 2 is 1.96 bits per heavy atom. The molecular formula is C15H14Cl2N4O3S. The number of anilines is 1. The first-order chi connectivity index (χ1) is 11.8. The summed E-state index contributed by atoms with van der Waals surface area (Å²) < 4.78 is 23.0. The Kier molecular flexibility index (Phi) is 6.35. The van der Waals surface area contributed by atoms with Crippen molar-refractivity contribution in [1.82, 2.24) is 10.4 Å². The molecule has 2 aromatic rings. The van der Waals surface area contributed by atoms with Crippen molar-refractivity contribution in [3.8, 4) is 0 Å². The maximum absolute atomic E-state index is 11.8. The zero-order valence-corrected chi connectivity index (χ0v) is 15.4. The van der Waals surface area contributed by atoms with Gasteiger partial charge in [0.2, 0.25) is 0 Å². The van der Waals surface area contributed by atoms with Gasteiger partial charge in [0.05, 0.1) is 27.7 Å². The highest BCUT2D eigenvalue weighted by Crippen LogP contribution is 2.20. The number of benzene rings is 1. The Balaban J connectivity index is 1.92. The molecule has 0 aliphatic heterocycles. The van der Waals surface area contributed by atoms with Crippen LogP contribution in [0, 0.1) is 0 Å². The molecule has 0 fully saturated rings. The van der Waals surface area contributed by atoms with Crippen molar-refractivity contribution in [3.63, 3.8) is 0 Å². The predicted octanol–water partition coefficient (Wildman–Crippen LogP) is 2.35. The first-order valence-electron chi connectivity index (χ1n) is 6.92. The molecule has 7 nitrogen and oxygen atoms in total. The largest absolute Gasteiger partial charge is 0.376 e. The second-order valence-electron chi connectivity index (χ2n) is 4.96. The smallest absolute Gasteiger partial charge is 0.259 e. The molecule has 132 valence electrons. The van der Waals surface area contributed by atoms with Gasteiger partial charge in [0.1, 0.15) is 0 Å². The van der Waals surface area contributed by atoms with Gasteiger partial charge in [0.15, 0.2) is 9.84 Å². The normalized spacial score (nSPS) is 11.5. The lowest BCUT2D eigenvalue weighted by molar-refractivity contribution is -0.119. The third-order valence-electron chi connectivity index (χ3n) is 2.99. The van der Waals surface area contributed by atoms with E-state index >= 15 is 0 Å². The lowest BCUT2D eigenvalue weighted by Crippen LogP contribution is -2.26. The number of nitrogens with one attached hydrogen (secondary N) is 2. The summed E-state index contributed by atoms with van der Waals surface area (Å²) in [4.78, 5) is 15.7. The van der Waals surface area contributed by atoms with E-state index in [2.05, 4.69) is 20.8 Å². The van der Waals surface area contributed by atoms with E-state index in [9.17, 15) is 13.2 Å². The van der Waals surface area contributed by atoms with E-state index in [1.54, 1.807) is 12.1 Å². The average molecular weight is 401 g/mol. The number of rotatable bonds is 6. The van der Waals surface area contributed by atoms with Gasteiger partial charge in [-0.05, 0) is 18.2 Å². The molecule has 2 rings (SSSR count). The fourth-order valence-electron chi connectivity index (χ4n) is 1.77. The third-order valence-corrected chi connectivity index (χ3v) is 4.70. The summed E-state index contributed by atoms with van der Waals surface area (Å²) in [5.74, 6) is -0.428. The molecule has 0 spiro atoms. The second kappa shape index (κ2) is 8.28. The summed E-state index contributed by atoms with van der Waals surface area (Å²) >= 11 is 11.9. The first-order valence-corrected chi connectivity index (χ1v) is 9.57. The van der Waals surface area contributed by atoms with Crippen molar-refractivity contribution in [2.24, 2.45) is 5.10 Å². The lowest BCUT2D eigenvalue weighted by atomic mass is 10.3. The van der Waals surface area contributed by atoms with Gasteiger partial charge in [-0.3, -0.25) is 9.78 Å². The van der Waals surface area contributed by atoms with E-state index in [0.717, 1.165) is 6.26 Å². The van der Waals surface area contributed by atoms with Gasteiger partial charge in [0, 0.05) is 29.9 Å². The molecule has 1 heterocycles. The van der Waals surface area contributed by atoms with Gasteiger partial charge in [-0.2, -0.15) is 5.10 Å². The van der Waals surface area contributed by atoms with E-state index in [-0.39, 0.29) is 11.4 Å². The molecule has 0 aliphatic carbocycles. The minimum Gasteiger partial charge on any atom is -0.376 e. The van der Waals surface area contributed by atoms with Crippen LogP contribution in [0.2, 0.25) is 10.0 Å². The van der Waals surface area contributed by atoms with Crippen LogP contribution in [0.5, 0.6) is 0 Å². The maximum Gasteiger partial charge on any atom is 0.259 e. The van der Waals surface area contributed by atoms with Crippen molar-refractivity contribution < 1.29 is 13.2 Å². The fraction of sp³-hybridized carbons (Fsp3) is 0.133. The maximum atomic E-state index is 11.8. The minimum atomic E-state index is -3.31. The zero-order valence-electron chi connectivity index (χ0n) is 13.0. The summed E-state index contributed by atoms with van der Waals surface area (Å²) in [6, 6.07) is 6.17. The number of hydrazone groups is 1. The number of nitrogens with zero attached hydrogens (tertiary/aromatic N) is 2. The zero-order chi connectivity index (χ0) is 18.4. The number of pyridine rings is 1. The van der Waals surface area contributed by atoms with Crippen LogP contribution in [0.3, 0.4) is 0 Å². The van der Waals surface area contributed by atoms with Crippen LogP contribution in [-0.4, -0.2) is 38.3 Å². The van der Waals surface area contributed by atoms with Crippen LogP contribution in [0.25, 0.3) is 0 Å². The molecule has 1 amide bonds. The Bertz CT molecular complexity index is 896. The Hall–Kier alpha value is -2.16. The van der Waals surface area contributed by atoms with E-state index in [0.29, 0.717) is 21.3 Å².